The molecule has 1 aliphatic carbocycles. The van der Waals surface area contributed by atoms with Crippen molar-refractivity contribution in [1.82, 2.24) is 10.6 Å². The zero-order valence-electron chi connectivity index (χ0n) is 11.2. The van der Waals surface area contributed by atoms with E-state index in [9.17, 15) is 9.59 Å². The maximum absolute atomic E-state index is 11.9. The van der Waals surface area contributed by atoms with Crippen LogP contribution in [0.4, 0.5) is 0 Å². The van der Waals surface area contributed by atoms with Gasteiger partial charge in [0, 0.05) is 18.4 Å². The van der Waals surface area contributed by atoms with Gasteiger partial charge in [0.25, 0.3) is 0 Å². The molecular formula is C14H22N2O2. The number of nitrogens with one attached hydrogen (secondary N) is 2. The van der Waals surface area contributed by atoms with Crippen molar-refractivity contribution in [2.24, 2.45) is 5.41 Å². The minimum absolute atomic E-state index is 0.0205. The molecule has 2 amide bonds. The molecule has 0 saturated carbocycles. The molecule has 18 heavy (non-hydrogen) atoms. The molecule has 4 heteroatoms. The highest BCUT2D eigenvalue weighted by Gasteiger charge is 2.30. The van der Waals surface area contributed by atoms with E-state index < -0.39 is 0 Å². The van der Waals surface area contributed by atoms with E-state index >= 15 is 0 Å². The fourth-order valence-electron chi connectivity index (χ4n) is 2.64. The average Bonchev–Trinajstić information content (AvgIpc) is 2.96. The Morgan fingerprint density at radius 2 is 2.28 bits per heavy atom. The number of hydrogen-bond acceptors (Lipinski definition) is 2. The van der Waals surface area contributed by atoms with E-state index in [1.807, 2.05) is 0 Å². The van der Waals surface area contributed by atoms with Crippen molar-refractivity contribution in [3.8, 4) is 0 Å². The van der Waals surface area contributed by atoms with Gasteiger partial charge in [-0.05, 0) is 25.7 Å². The molecule has 1 heterocycles. The van der Waals surface area contributed by atoms with E-state index in [0.717, 1.165) is 12.8 Å². The highest BCUT2D eigenvalue weighted by Crippen LogP contribution is 2.34. The number of carbonyl (C=O) groups is 2. The second kappa shape index (κ2) is 5.12. The van der Waals surface area contributed by atoms with E-state index in [4.69, 9.17) is 0 Å². The summed E-state index contributed by atoms with van der Waals surface area (Å²) in [4.78, 5) is 23.0. The van der Waals surface area contributed by atoms with Crippen molar-refractivity contribution >= 4 is 11.8 Å². The highest BCUT2D eigenvalue weighted by atomic mass is 16.2. The maximum atomic E-state index is 11.9. The Bertz CT molecular complexity index is 385. The molecule has 1 atom stereocenters. The molecule has 2 N–H and O–H groups in total. The van der Waals surface area contributed by atoms with Crippen LogP contribution in [0.2, 0.25) is 0 Å². The first-order valence-electron chi connectivity index (χ1n) is 6.75. The molecule has 1 aliphatic heterocycles. The van der Waals surface area contributed by atoms with Crippen LogP contribution < -0.4 is 10.6 Å². The van der Waals surface area contributed by atoms with Gasteiger partial charge in [0.1, 0.15) is 6.04 Å². The monoisotopic (exact) mass is 250 g/mol. The minimum atomic E-state index is -0.328. The third kappa shape index (κ3) is 2.92. The molecule has 0 radical (unpaired) electrons. The quantitative estimate of drug-likeness (QED) is 0.743. The van der Waals surface area contributed by atoms with Gasteiger partial charge in [0.05, 0.1) is 0 Å². The zero-order chi connectivity index (χ0) is 13.2. The molecule has 0 spiro atoms. The van der Waals surface area contributed by atoms with Crippen molar-refractivity contribution < 1.29 is 9.59 Å². The van der Waals surface area contributed by atoms with Crippen LogP contribution in [0.3, 0.4) is 0 Å². The number of allylic oxidation sites excluding steroid dienone is 1. The van der Waals surface area contributed by atoms with Crippen LogP contribution in [-0.4, -0.2) is 24.4 Å². The van der Waals surface area contributed by atoms with Crippen LogP contribution in [0.15, 0.2) is 11.6 Å². The third-order valence-electron chi connectivity index (χ3n) is 3.93. The largest absolute Gasteiger partial charge is 0.353 e. The van der Waals surface area contributed by atoms with E-state index in [2.05, 4.69) is 30.6 Å². The molecule has 1 unspecified atom stereocenters. The van der Waals surface area contributed by atoms with Crippen molar-refractivity contribution in [2.45, 2.75) is 52.0 Å². The number of amides is 2. The van der Waals surface area contributed by atoms with Crippen LogP contribution in [0.1, 0.15) is 46.0 Å². The molecule has 0 aromatic carbocycles. The van der Waals surface area contributed by atoms with Gasteiger partial charge in [0.2, 0.25) is 11.8 Å². The number of hydrogen-bond donors (Lipinski definition) is 2. The Labute approximate surface area is 108 Å². The molecule has 0 aromatic rings. The van der Waals surface area contributed by atoms with E-state index in [0.29, 0.717) is 19.4 Å². The van der Waals surface area contributed by atoms with Gasteiger partial charge < -0.3 is 10.6 Å². The Hall–Kier alpha value is -1.32. The van der Waals surface area contributed by atoms with Gasteiger partial charge in [0.15, 0.2) is 0 Å². The molecule has 100 valence electrons. The first-order valence-corrected chi connectivity index (χ1v) is 6.75. The van der Waals surface area contributed by atoms with Gasteiger partial charge in [-0.3, -0.25) is 9.59 Å². The number of rotatable bonds is 4. The first kappa shape index (κ1) is 13.1. The lowest BCUT2D eigenvalue weighted by Gasteiger charge is -2.27. The lowest BCUT2D eigenvalue weighted by molar-refractivity contribution is -0.126. The summed E-state index contributed by atoms with van der Waals surface area (Å²) in [5, 5.41) is 5.66. The predicted octanol–water partition coefficient (Wildman–Crippen LogP) is 1.52. The summed E-state index contributed by atoms with van der Waals surface area (Å²) >= 11 is 0. The predicted molar refractivity (Wildman–Crippen MR) is 69.9 cm³/mol. The molecule has 1 saturated heterocycles. The first-order chi connectivity index (χ1) is 8.49. The molecule has 2 aliphatic rings. The Kier molecular flexibility index (Phi) is 3.73. The van der Waals surface area contributed by atoms with Gasteiger partial charge >= 0.3 is 0 Å². The van der Waals surface area contributed by atoms with E-state index in [1.54, 1.807) is 0 Å². The summed E-state index contributed by atoms with van der Waals surface area (Å²) in [6.07, 6.45) is 6.91. The standard InChI is InChI=1S/C14H22N2O2/c1-14(2,10-5-3-4-6-10)9-15-13(18)11-7-8-12(17)16-11/h5,11H,3-4,6-9H2,1-2H3,(H,15,18)(H,16,17). The zero-order valence-corrected chi connectivity index (χ0v) is 11.2. The van der Waals surface area contributed by atoms with Gasteiger partial charge in [-0.2, -0.15) is 0 Å². The summed E-state index contributed by atoms with van der Waals surface area (Å²) in [6.45, 7) is 4.97. The topological polar surface area (TPSA) is 58.2 Å². The average molecular weight is 250 g/mol. The third-order valence-corrected chi connectivity index (χ3v) is 3.93. The van der Waals surface area contributed by atoms with Crippen molar-refractivity contribution in [3.05, 3.63) is 11.6 Å². The molecular weight excluding hydrogens is 228 g/mol. The normalized spacial score (nSPS) is 23.8. The second-order valence-electron chi connectivity index (χ2n) is 5.88. The Morgan fingerprint density at radius 3 is 2.83 bits per heavy atom. The summed E-state index contributed by atoms with van der Waals surface area (Å²) in [5.41, 5.74) is 1.47. The van der Waals surface area contributed by atoms with Crippen LogP contribution in [-0.2, 0) is 9.59 Å². The van der Waals surface area contributed by atoms with Gasteiger partial charge in [-0.25, -0.2) is 0 Å². The molecule has 1 fully saturated rings. The SMILES string of the molecule is CC(C)(CNC(=O)C1CCC(=O)N1)C1=CCCC1. The molecule has 4 nitrogen and oxygen atoms in total. The summed E-state index contributed by atoms with van der Waals surface area (Å²) < 4.78 is 0. The van der Waals surface area contributed by atoms with E-state index in [1.165, 1.54) is 12.0 Å². The summed E-state index contributed by atoms with van der Waals surface area (Å²) in [6, 6.07) is -0.328. The smallest absolute Gasteiger partial charge is 0.242 e. The minimum Gasteiger partial charge on any atom is -0.353 e. The van der Waals surface area contributed by atoms with E-state index in [-0.39, 0.29) is 23.3 Å². The molecule has 0 aromatic heterocycles. The number of carbonyl (C=O) groups excluding carboxylic acids is 2. The van der Waals surface area contributed by atoms with Crippen LogP contribution in [0.5, 0.6) is 0 Å². The second-order valence-corrected chi connectivity index (χ2v) is 5.88. The van der Waals surface area contributed by atoms with Crippen molar-refractivity contribution in [1.29, 1.82) is 0 Å². The highest BCUT2D eigenvalue weighted by molar-refractivity contribution is 5.90. The Balaban J connectivity index is 1.83. The fourth-order valence-corrected chi connectivity index (χ4v) is 2.64. The lowest BCUT2D eigenvalue weighted by Crippen LogP contribution is -2.45. The van der Waals surface area contributed by atoms with Crippen LogP contribution in [0.25, 0.3) is 0 Å². The molecule has 2 rings (SSSR count). The van der Waals surface area contributed by atoms with Crippen LogP contribution in [0, 0.1) is 5.41 Å². The Morgan fingerprint density at radius 1 is 1.50 bits per heavy atom. The fraction of sp³-hybridized carbons (Fsp3) is 0.714. The van der Waals surface area contributed by atoms with Crippen LogP contribution >= 0.6 is 0 Å². The van der Waals surface area contributed by atoms with Crippen molar-refractivity contribution in [3.63, 3.8) is 0 Å². The summed E-state index contributed by atoms with van der Waals surface area (Å²) in [5.74, 6) is -0.0690. The lowest BCUT2D eigenvalue weighted by atomic mass is 9.83. The van der Waals surface area contributed by atoms with Gasteiger partial charge in [-0.15, -0.1) is 0 Å². The molecule has 0 bridgehead atoms. The van der Waals surface area contributed by atoms with Gasteiger partial charge in [-0.1, -0.05) is 25.5 Å². The van der Waals surface area contributed by atoms with Crippen molar-refractivity contribution in [2.75, 3.05) is 6.54 Å². The maximum Gasteiger partial charge on any atom is 0.242 e. The summed E-state index contributed by atoms with van der Waals surface area (Å²) in [7, 11) is 0.